The summed E-state index contributed by atoms with van der Waals surface area (Å²) >= 11 is 1.74. The lowest BCUT2D eigenvalue weighted by molar-refractivity contribution is 0.0817. The van der Waals surface area contributed by atoms with Gasteiger partial charge in [0.25, 0.3) is 0 Å². The van der Waals surface area contributed by atoms with Crippen molar-refractivity contribution in [3.63, 3.8) is 0 Å². The summed E-state index contributed by atoms with van der Waals surface area (Å²) in [5.41, 5.74) is 0. The topological polar surface area (TPSA) is 37.4 Å². The van der Waals surface area contributed by atoms with Gasteiger partial charge in [0.2, 0.25) is 0 Å². The molecule has 1 aliphatic heterocycles. The SMILES string of the molecule is CCNc1ncc(CN(C)C2CCOC2C)s1. The van der Waals surface area contributed by atoms with E-state index >= 15 is 0 Å². The molecule has 2 atom stereocenters. The lowest BCUT2D eigenvalue weighted by atomic mass is 10.1. The van der Waals surface area contributed by atoms with Gasteiger partial charge >= 0.3 is 0 Å². The van der Waals surface area contributed by atoms with Crippen molar-refractivity contribution in [2.75, 3.05) is 25.5 Å². The molecule has 1 aromatic heterocycles. The van der Waals surface area contributed by atoms with Gasteiger partial charge in [-0.2, -0.15) is 0 Å². The van der Waals surface area contributed by atoms with E-state index < -0.39 is 0 Å². The zero-order valence-electron chi connectivity index (χ0n) is 10.8. The molecule has 17 heavy (non-hydrogen) atoms. The average molecular weight is 255 g/mol. The van der Waals surface area contributed by atoms with Crippen molar-refractivity contribution >= 4 is 16.5 Å². The Labute approximate surface area is 107 Å². The molecule has 0 bridgehead atoms. The quantitative estimate of drug-likeness (QED) is 0.875. The first-order valence-electron chi connectivity index (χ1n) is 6.21. The van der Waals surface area contributed by atoms with Crippen LogP contribution in [0.4, 0.5) is 5.13 Å². The van der Waals surface area contributed by atoms with Gasteiger partial charge in [-0.1, -0.05) is 0 Å². The number of thiazole rings is 1. The number of nitrogens with zero attached hydrogens (tertiary/aromatic N) is 2. The predicted octanol–water partition coefficient (Wildman–Crippen LogP) is 2.18. The molecule has 1 fully saturated rings. The normalized spacial score (nSPS) is 24.5. The number of likely N-dealkylation sites (N-methyl/N-ethyl adjacent to an activating group) is 1. The van der Waals surface area contributed by atoms with Crippen LogP contribution in [0.5, 0.6) is 0 Å². The Hall–Kier alpha value is -0.650. The van der Waals surface area contributed by atoms with E-state index in [9.17, 15) is 0 Å². The number of hydrogen-bond acceptors (Lipinski definition) is 5. The fraction of sp³-hybridized carbons (Fsp3) is 0.750. The van der Waals surface area contributed by atoms with Gasteiger partial charge in [-0.25, -0.2) is 4.98 Å². The minimum absolute atomic E-state index is 0.348. The number of rotatable bonds is 5. The molecule has 2 heterocycles. The smallest absolute Gasteiger partial charge is 0.182 e. The molecular formula is C12H21N3OS. The lowest BCUT2D eigenvalue weighted by Gasteiger charge is -2.25. The number of ether oxygens (including phenoxy) is 1. The van der Waals surface area contributed by atoms with Crippen LogP contribution >= 0.6 is 11.3 Å². The second-order valence-corrected chi connectivity index (χ2v) is 5.62. The molecule has 1 aromatic rings. The number of nitrogens with one attached hydrogen (secondary N) is 1. The maximum Gasteiger partial charge on any atom is 0.182 e. The molecule has 5 heteroatoms. The van der Waals surface area contributed by atoms with E-state index in [0.29, 0.717) is 12.1 Å². The molecule has 0 aliphatic carbocycles. The summed E-state index contributed by atoms with van der Waals surface area (Å²) in [6, 6.07) is 0.541. The van der Waals surface area contributed by atoms with E-state index in [-0.39, 0.29) is 0 Å². The van der Waals surface area contributed by atoms with Crippen LogP contribution in [0.25, 0.3) is 0 Å². The van der Waals surface area contributed by atoms with Crippen molar-refractivity contribution in [3.05, 3.63) is 11.1 Å². The molecule has 0 radical (unpaired) electrons. The Kier molecular flexibility index (Phi) is 4.36. The molecule has 2 unspecified atom stereocenters. The molecular weight excluding hydrogens is 234 g/mol. The standard InChI is InChI=1S/C12H21N3OS/c1-4-13-12-14-7-10(17-12)8-15(3)11-5-6-16-9(11)2/h7,9,11H,4-6,8H2,1-3H3,(H,13,14). The van der Waals surface area contributed by atoms with Gasteiger partial charge in [0.1, 0.15) is 0 Å². The number of hydrogen-bond donors (Lipinski definition) is 1. The first-order chi connectivity index (χ1) is 8.20. The highest BCUT2D eigenvalue weighted by atomic mass is 32.1. The van der Waals surface area contributed by atoms with E-state index in [1.54, 1.807) is 11.3 Å². The van der Waals surface area contributed by atoms with Gasteiger partial charge in [-0.15, -0.1) is 11.3 Å². The monoisotopic (exact) mass is 255 g/mol. The zero-order valence-corrected chi connectivity index (χ0v) is 11.6. The maximum absolute atomic E-state index is 5.60. The summed E-state index contributed by atoms with van der Waals surface area (Å²) in [5.74, 6) is 0. The van der Waals surface area contributed by atoms with Gasteiger partial charge in [-0.05, 0) is 27.3 Å². The molecule has 0 aromatic carbocycles. The van der Waals surface area contributed by atoms with Crippen molar-refractivity contribution < 1.29 is 4.74 Å². The zero-order chi connectivity index (χ0) is 12.3. The van der Waals surface area contributed by atoms with Crippen molar-refractivity contribution in [1.82, 2.24) is 9.88 Å². The molecule has 0 spiro atoms. The second kappa shape index (κ2) is 5.80. The summed E-state index contributed by atoms with van der Waals surface area (Å²) in [4.78, 5) is 8.04. The van der Waals surface area contributed by atoms with E-state index in [1.165, 1.54) is 4.88 Å². The molecule has 2 rings (SSSR count). The first kappa shape index (κ1) is 12.8. The summed E-state index contributed by atoms with van der Waals surface area (Å²) in [6.07, 6.45) is 3.46. The molecule has 1 saturated heterocycles. The van der Waals surface area contributed by atoms with Crippen LogP contribution in [-0.2, 0) is 11.3 Å². The molecule has 1 N–H and O–H groups in total. The molecule has 1 aliphatic rings. The van der Waals surface area contributed by atoms with Gasteiger partial charge in [0.05, 0.1) is 6.10 Å². The highest BCUT2D eigenvalue weighted by Gasteiger charge is 2.27. The highest BCUT2D eigenvalue weighted by Crippen LogP contribution is 2.23. The summed E-state index contributed by atoms with van der Waals surface area (Å²) in [6.45, 7) is 7.02. The third kappa shape index (κ3) is 3.18. The largest absolute Gasteiger partial charge is 0.377 e. The van der Waals surface area contributed by atoms with Crippen LogP contribution in [0.3, 0.4) is 0 Å². The van der Waals surface area contributed by atoms with Gasteiger partial charge < -0.3 is 10.1 Å². The molecule has 0 saturated carbocycles. The fourth-order valence-electron chi connectivity index (χ4n) is 2.28. The van der Waals surface area contributed by atoms with Crippen LogP contribution in [-0.4, -0.2) is 42.2 Å². The van der Waals surface area contributed by atoms with Crippen LogP contribution in [0, 0.1) is 0 Å². The Balaban J connectivity index is 1.90. The van der Waals surface area contributed by atoms with Gasteiger partial charge in [-0.3, -0.25) is 4.90 Å². The summed E-state index contributed by atoms with van der Waals surface area (Å²) in [5, 5.41) is 4.26. The Morgan fingerprint density at radius 1 is 1.65 bits per heavy atom. The maximum atomic E-state index is 5.60. The van der Waals surface area contributed by atoms with Crippen molar-refractivity contribution in [3.8, 4) is 0 Å². The molecule has 0 amide bonds. The lowest BCUT2D eigenvalue weighted by Crippen LogP contribution is -2.35. The average Bonchev–Trinajstić information content (AvgIpc) is 2.88. The third-order valence-corrected chi connectivity index (χ3v) is 4.13. The van der Waals surface area contributed by atoms with Crippen LogP contribution in [0.15, 0.2) is 6.20 Å². The third-order valence-electron chi connectivity index (χ3n) is 3.19. The highest BCUT2D eigenvalue weighted by molar-refractivity contribution is 7.15. The number of aromatic nitrogens is 1. The second-order valence-electron chi connectivity index (χ2n) is 4.51. The Morgan fingerprint density at radius 3 is 3.12 bits per heavy atom. The fourth-order valence-corrected chi connectivity index (χ4v) is 3.22. The van der Waals surface area contributed by atoms with Crippen molar-refractivity contribution in [2.45, 2.75) is 39.0 Å². The van der Waals surface area contributed by atoms with E-state index in [2.05, 4.69) is 36.1 Å². The van der Waals surface area contributed by atoms with E-state index in [0.717, 1.165) is 31.2 Å². The van der Waals surface area contributed by atoms with E-state index in [4.69, 9.17) is 4.74 Å². The summed E-state index contributed by atoms with van der Waals surface area (Å²) in [7, 11) is 2.17. The molecule has 96 valence electrons. The minimum atomic E-state index is 0.348. The van der Waals surface area contributed by atoms with Gasteiger partial charge in [0.15, 0.2) is 5.13 Å². The van der Waals surface area contributed by atoms with Crippen molar-refractivity contribution in [1.29, 1.82) is 0 Å². The van der Waals surface area contributed by atoms with Crippen molar-refractivity contribution in [2.24, 2.45) is 0 Å². The van der Waals surface area contributed by atoms with Crippen LogP contribution < -0.4 is 5.32 Å². The first-order valence-corrected chi connectivity index (χ1v) is 7.02. The number of anilines is 1. The van der Waals surface area contributed by atoms with Crippen LogP contribution in [0.2, 0.25) is 0 Å². The Bertz CT molecular complexity index is 355. The minimum Gasteiger partial charge on any atom is -0.377 e. The van der Waals surface area contributed by atoms with E-state index in [1.807, 2.05) is 6.20 Å². The van der Waals surface area contributed by atoms with Gasteiger partial charge in [0, 0.05) is 36.8 Å². The predicted molar refractivity (Wildman–Crippen MR) is 71.6 cm³/mol. The Morgan fingerprint density at radius 2 is 2.47 bits per heavy atom. The molecule has 4 nitrogen and oxygen atoms in total. The summed E-state index contributed by atoms with van der Waals surface area (Å²) < 4.78 is 5.60. The van der Waals surface area contributed by atoms with Crippen LogP contribution in [0.1, 0.15) is 25.1 Å².